The quantitative estimate of drug-likeness (QED) is 0.362. The zero-order chi connectivity index (χ0) is 8.20. The van der Waals surface area contributed by atoms with Crippen LogP contribution < -0.4 is 10.5 Å². The van der Waals surface area contributed by atoms with Gasteiger partial charge in [-0.05, 0) is 0 Å². The van der Waals surface area contributed by atoms with Gasteiger partial charge >= 0.3 is 0 Å². The van der Waals surface area contributed by atoms with Crippen LogP contribution in [0.3, 0.4) is 0 Å². The highest BCUT2D eigenvalue weighted by Crippen LogP contribution is 1.81. The van der Waals surface area contributed by atoms with Crippen molar-refractivity contribution in [2.24, 2.45) is 0 Å². The fourth-order valence-electron chi connectivity index (χ4n) is 0.493. The molecule has 0 fully saturated rings. The number of carboxylic acid groups (broad SMARTS) is 1. The van der Waals surface area contributed by atoms with Gasteiger partial charge in [0.2, 0.25) is 0 Å². The van der Waals surface area contributed by atoms with Gasteiger partial charge in [-0.25, -0.2) is 0 Å². The molecule has 6 heteroatoms. The van der Waals surface area contributed by atoms with Gasteiger partial charge in [0.05, 0.1) is 21.1 Å². The van der Waals surface area contributed by atoms with Crippen molar-refractivity contribution < 1.29 is 25.4 Å². The van der Waals surface area contributed by atoms with E-state index in [2.05, 4.69) is 5.43 Å². The molecule has 0 aliphatic heterocycles. The van der Waals surface area contributed by atoms with Crippen LogP contribution in [-0.4, -0.2) is 49.2 Å². The average molecular weight is 182 g/mol. The lowest BCUT2D eigenvalue weighted by molar-refractivity contribution is -0.915. The molecule has 0 aliphatic carbocycles. The molecule has 0 amide bonds. The highest BCUT2D eigenvalue weighted by molar-refractivity contribution is 5.64. The summed E-state index contributed by atoms with van der Waals surface area (Å²) in [7, 11) is 5.78. The largest absolute Gasteiger partial charge is 0.550 e. The first kappa shape index (κ1) is 17.4. The number of carboxylic acids is 1. The smallest absolute Gasteiger partial charge is 0.0853 e. The molecule has 0 heterocycles. The number of quaternary nitrogens is 1. The number of carbonyl (C=O) groups excluding carboxylic acids is 1. The summed E-state index contributed by atoms with van der Waals surface area (Å²) in [5.41, 5.74) is 2.97. The average Bonchev–Trinajstić information content (AvgIpc) is 1.59. The molecule has 6 nitrogen and oxygen atoms in total. The van der Waals surface area contributed by atoms with E-state index in [4.69, 9.17) is 0 Å². The summed E-state index contributed by atoms with van der Waals surface area (Å²) >= 11 is 0. The Bertz CT molecular complexity index is 121. The second-order valence-corrected chi connectivity index (χ2v) is 3.04. The summed E-state index contributed by atoms with van der Waals surface area (Å²) in [4.78, 5) is 9.93. The Balaban J connectivity index is -0.000000405. The zero-order valence-electron chi connectivity index (χ0n) is 7.68. The summed E-state index contributed by atoms with van der Waals surface area (Å²) in [6.45, 7) is 0.450. The summed E-state index contributed by atoms with van der Waals surface area (Å²) in [5.74, 6) is -1.01. The molecule has 0 unspecified atom stereocenters. The molecule has 0 saturated carbocycles. The maximum atomic E-state index is 9.93. The monoisotopic (exact) mass is 182 g/mol. The standard InChI is InChI=1S/C6H14N2O2.2H2O/c1-8(2,3)7-5-4-6(9)10;;/h7H,4-5H2,1-3H3;2*1H2. The number of carbonyl (C=O) groups is 1. The van der Waals surface area contributed by atoms with E-state index in [1.165, 1.54) is 0 Å². The van der Waals surface area contributed by atoms with E-state index < -0.39 is 5.97 Å². The Hall–Kier alpha value is -0.690. The van der Waals surface area contributed by atoms with Crippen molar-refractivity contribution in [2.45, 2.75) is 6.42 Å². The Morgan fingerprint density at radius 2 is 1.75 bits per heavy atom. The van der Waals surface area contributed by atoms with Gasteiger partial charge in [-0.15, -0.1) is 0 Å². The SMILES string of the molecule is C[N+](C)(C)NCCC(=O)[O-].O.O. The van der Waals surface area contributed by atoms with Crippen LogP contribution >= 0.6 is 0 Å². The summed E-state index contributed by atoms with van der Waals surface area (Å²) in [6.07, 6.45) is 0.0650. The minimum atomic E-state index is -1.01. The van der Waals surface area contributed by atoms with Gasteiger partial charge in [0.25, 0.3) is 0 Å². The predicted molar refractivity (Wildman–Crippen MR) is 42.9 cm³/mol. The Morgan fingerprint density at radius 3 is 2.00 bits per heavy atom. The van der Waals surface area contributed by atoms with Crippen molar-refractivity contribution in [1.82, 2.24) is 5.43 Å². The number of hydrogen-bond donors (Lipinski definition) is 1. The van der Waals surface area contributed by atoms with Crippen molar-refractivity contribution in [1.29, 1.82) is 0 Å². The number of nitrogens with one attached hydrogen (secondary N) is 1. The zero-order valence-corrected chi connectivity index (χ0v) is 7.68. The van der Waals surface area contributed by atoms with Crippen molar-refractivity contribution >= 4 is 5.97 Å². The highest BCUT2D eigenvalue weighted by atomic mass is 16.4. The number of rotatable bonds is 4. The molecule has 0 aromatic heterocycles. The van der Waals surface area contributed by atoms with Gasteiger partial charge in [0.15, 0.2) is 0 Å². The fraction of sp³-hybridized carbons (Fsp3) is 0.833. The van der Waals surface area contributed by atoms with E-state index in [1.54, 1.807) is 0 Å². The van der Waals surface area contributed by atoms with E-state index in [-0.39, 0.29) is 17.4 Å². The molecule has 76 valence electrons. The summed E-state index contributed by atoms with van der Waals surface area (Å²) in [5, 5.41) is 9.93. The number of hydrogen-bond acceptors (Lipinski definition) is 3. The minimum absolute atomic E-state index is 0. The van der Waals surface area contributed by atoms with Crippen molar-refractivity contribution in [3.63, 3.8) is 0 Å². The topological polar surface area (TPSA) is 115 Å². The van der Waals surface area contributed by atoms with Gasteiger partial charge in [-0.2, -0.15) is 5.43 Å². The van der Waals surface area contributed by atoms with Gasteiger partial charge in [-0.1, -0.05) is 0 Å². The van der Waals surface area contributed by atoms with Gasteiger partial charge < -0.3 is 20.9 Å². The van der Waals surface area contributed by atoms with E-state index in [1.807, 2.05) is 21.1 Å². The molecule has 0 aromatic rings. The second-order valence-electron chi connectivity index (χ2n) is 3.04. The molecule has 0 rings (SSSR count). The highest BCUT2D eigenvalue weighted by Gasteiger charge is 2.03. The van der Waals surface area contributed by atoms with Crippen LogP contribution in [0, 0.1) is 0 Å². The summed E-state index contributed by atoms with van der Waals surface area (Å²) in [6, 6.07) is 0. The molecule has 5 N–H and O–H groups in total. The molecule has 0 atom stereocenters. The molecular weight excluding hydrogens is 164 g/mol. The molecular formula is C6H18N2O4. The number of nitrogens with zero attached hydrogens (tertiary/aromatic N) is 1. The first-order chi connectivity index (χ1) is 4.42. The van der Waals surface area contributed by atoms with E-state index in [0.717, 1.165) is 0 Å². The van der Waals surface area contributed by atoms with Crippen molar-refractivity contribution in [3.8, 4) is 0 Å². The minimum Gasteiger partial charge on any atom is -0.550 e. The van der Waals surface area contributed by atoms with Crippen LogP contribution in [0.5, 0.6) is 0 Å². The van der Waals surface area contributed by atoms with Crippen molar-refractivity contribution in [2.75, 3.05) is 27.7 Å². The normalized spacial score (nSPS) is 9.58. The Morgan fingerprint density at radius 1 is 1.33 bits per heavy atom. The summed E-state index contributed by atoms with van der Waals surface area (Å²) < 4.78 is 0.563. The lowest BCUT2D eigenvalue weighted by Gasteiger charge is -2.23. The molecule has 0 bridgehead atoms. The van der Waals surface area contributed by atoms with E-state index in [0.29, 0.717) is 11.1 Å². The lowest BCUT2D eigenvalue weighted by Crippen LogP contribution is -2.49. The van der Waals surface area contributed by atoms with Crippen LogP contribution in [0.4, 0.5) is 0 Å². The molecule has 0 spiro atoms. The molecule has 0 radical (unpaired) electrons. The van der Waals surface area contributed by atoms with Crippen molar-refractivity contribution in [3.05, 3.63) is 0 Å². The third-order valence-corrected chi connectivity index (χ3v) is 0.915. The maximum absolute atomic E-state index is 9.93. The fourth-order valence-corrected chi connectivity index (χ4v) is 0.493. The van der Waals surface area contributed by atoms with E-state index in [9.17, 15) is 9.90 Å². The molecule has 12 heavy (non-hydrogen) atoms. The third-order valence-electron chi connectivity index (χ3n) is 0.915. The Kier molecular flexibility index (Phi) is 10.1. The van der Waals surface area contributed by atoms with Crippen LogP contribution in [0.2, 0.25) is 0 Å². The van der Waals surface area contributed by atoms with Crippen LogP contribution in [0.25, 0.3) is 0 Å². The maximum Gasteiger partial charge on any atom is 0.0853 e. The van der Waals surface area contributed by atoms with Gasteiger partial charge in [-0.3, -0.25) is 4.59 Å². The van der Waals surface area contributed by atoms with Crippen LogP contribution in [0.15, 0.2) is 0 Å². The molecule has 0 saturated heterocycles. The van der Waals surface area contributed by atoms with Crippen LogP contribution in [-0.2, 0) is 4.79 Å². The lowest BCUT2D eigenvalue weighted by atomic mass is 10.4. The van der Waals surface area contributed by atoms with Gasteiger partial charge in [0.1, 0.15) is 0 Å². The molecule has 0 aliphatic rings. The first-order valence-corrected chi connectivity index (χ1v) is 3.18. The first-order valence-electron chi connectivity index (χ1n) is 3.18. The molecule has 0 aromatic carbocycles. The predicted octanol–water partition coefficient (Wildman–Crippen LogP) is -3.31. The number of aliphatic carboxylic acids is 1. The third kappa shape index (κ3) is 16.1. The second kappa shape index (κ2) is 6.99. The van der Waals surface area contributed by atoms with Gasteiger partial charge in [0, 0.05) is 18.9 Å². The van der Waals surface area contributed by atoms with E-state index >= 15 is 0 Å². The van der Waals surface area contributed by atoms with Crippen LogP contribution in [0.1, 0.15) is 6.42 Å². The Labute approximate surface area is 72.0 Å².